The summed E-state index contributed by atoms with van der Waals surface area (Å²) >= 11 is 3.76. The summed E-state index contributed by atoms with van der Waals surface area (Å²) in [7, 11) is 0. The Balaban J connectivity index is 2.43. The molecule has 84 valence electrons. The van der Waals surface area contributed by atoms with Gasteiger partial charge < -0.3 is 5.11 Å². The van der Waals surface area contributed by atoms with Gasteiger partial charge in [-0.1, -0.05) is 12.1 Å². The van der Waals surface area contributed by atoms with E-state index in [-0.39, 0.29) is 6.10 Å². The fourth-order valence-corrected chi connectivity index (χ4v) is 2.79. The lowest BCUT2D eigenvalue weighted by Crippen LogP contribution is -1.90. The van der Waals surface area contributed by atoms with Gasteiger partial charge in [-0.25, -0.2) is 0 Å². The molecule has 0 radical (unpaired) electrons. The summed E-state index contributed by atoms with van der Waals surface area (Å²) < 4.78 is 0. The first-order valence-electron chi connectivity index (χ1n) is 5.14. The fraction of sp³-hybridized carbons (Fsp3) is 0.500. The quantitative estimate of drug-likeness (QED) is 0.608. The second-order valence-corrected chi connectivity index (χ2v) is 5.60. The van der Waals surface area contributed by atoms with E-state index in [0.717, 1.165) is 11.3 Å². The first kappa shape index (κ1) is 12.9. The Morgan fingerprint density at radius 3 is 2.80 bits per heavy atom. The molecule has 3 heteroatoms. The van der Waals surface area contributed by atoms with Crippen molar-refractivity contribution >= 4 is 23.5 Å². The van der Waals surface area contributed by atoms with Crippen molar-refractivity contribution in [1.82, 2.24) is 0 Å². The molecule has 0 spiro atoms. The second-order valence-electron chi connectivity index (χ2n) is 3.44. The van der Waals surface area contributed by atoms with Crippen LogP contribution in [0, 0.1) is 0 Å². The van der Waals surface area contributed by atoms with Gasteiger partial charge in [-0.05, 0) is 48.8 Å². The van der Waals surface area contributed by atoms with Crippen LogP contribution >= 0.6 is 23.5 Å². The van der Waals surface area contributed by atoms with Crippen molar-refractivity contribution in [3.05, 3.63) is 29.8 Å². The van der Waals surface area contributed by atoms with E-state index in [2.05, 4.69) is 18.4 Å². The van der Waals surface area contributed by atoms with Gasteiger partial charge in [-0.2, -0.15) is 11.8 Å². The third-order valence-electron chi connectivity index (χ3n) is 2.10. The first-order valence-corrected chi connectivity index (χ1v) is 7.51. The lowest BCUT2D eigenvalue weighted by molar-refractivity contribution is 0.199. The summed E-state index contributed by atoms with van der Waals surface area (Å²) in [6.45, 7) is 1.80. The molecule has 1 unspecified atom stereocenters. The van der Waals surface area contributed by atoms with Crippen molar-refractivity contribution in [1.29, 1.82) is 0 Å². The minimum atomic E-state index is -0.364. The van der Waals surface area contributed by atoms with Gasteiger partial charge in [-0.3, -0.25) is 0 Å². The molecule has 0 bridgehead atoms. The Morgan fingerprint density at radius 2 is 2.13 bits per heavy atom. The molecule has 1 N–H and O–H groups in total. The van der Waals surface area contributed by atoms with E-state index in [0.29, 0.717) is 0 Å². The van der Waals surface area contributed by atoms with E-state index >= 15 is 0 Å². The lowest BCUT2D eigenvalue weighted by atomic mass is 10.1. The van der Waals surface area contributed by atoms with E-state index in [1.807, 2.05) is 35.7 Å². The van der Waals surface area contributed by atoms with E-state index in [9.17, 15) is 5.11 Å². The third-order valence-corrected chi connectivity index (χ3v) is 3.88. The van der Waals surface area contributed by atoms with Crippen LogP contribution in [0.4, 0.5) is 0 Å². The van der Waals surface area contributed by atoms with Crippen molar-refractivity contribution in [3.63, 3.8) is 0 Å². The number of hydrogen-bond donors (Lipinski definition) is 1. The highest BCUT2D eigenvalue weighted by molar-refractivity contribution is 7.99. The molecule has 1 aromatic rings. The molecule has 0 aromatic heterocycles. The summed E-state index contributed by atoms with van der Waals surface area (Å²) in [6, 6.07) is 8.17. The molecule has 1 atom stereocenters. The average Bonchev–Trinajstić information content (AvgIpc) is 2.25. The highest BCUT2D eigenvalue weighted by Crippen LogP contribution is 2.23. The number of hydrogen-bond acceptors (Lipinski definition) is 3. The Hall–Kier alpha value is -0.120. The molecule has 0 aliphatic carbocycles. The van der Waals surface area contributed by atoms with Gasteiger partial charge in [0, 0.05) is 4.90 Å². The summed E-state index contributed by atoms with van der Waals surface area (Å²) in [5, 5.41) is 9.45. The van der Waals surface area contributed by atoms with Crippen LogP contribution in [0.3, 0.4) is 0 Å². The van der Waals surface area contributed by atoms with Crippen LogP contribution in [0.5, 0.6) is 0 Å². The van der Waals surface area contributed by atoms with Gasteiger partial charge in [-0.15, -0.1) is 11.8 Å². The molecule has 0 fully saturated rings. The maximum Gasteiger partial charge on any atom is 0.0762 e. The molecule has 0 amide bonds. The highest BCUT2D eigenvalue weighted by Gasteiger charge is 2.01. The number of thioether (sulfide) groups is 2. The van der Waals surface area contributed by atoms with Crippen molar-refractivity contribution in [2.75, 3.05) is 17.8 Å². The number of aliphatic hydroxyl groups is 1. The normalized spacial score (nSPS) is 12.7. The van der Waals surface area contributed by atoms with Crippen LogP contribution in [-0.2, 0) is 0 Å². The minimum absolute atomic E-state index is 0.364. The molecule has 15 heavy (non-hydrogen) atoms. The molecular weight excluding hydrogens is 224 g/mol. The molecule has 0 aliphatic rings. The first-order chi connectivity index (χ1) is 7.24. The van der Waals surface area contributed by atoms with Crippen molar-refractivity contribution < 1.29 is 5.11 Å². The van der Waals surface area contributed by atoms with Gasteiger partial charge in [0.1, 0.15) is 0 Å². The molecule has 0 saturated heterocycles. The minimum Gasteiger partial charge on any atom is -0.389 e. The number of benzene rings is 1. The maximum atomic E-state index is 9.45. The van der Waals surface area contributed by atoms with Crippen molar-refractivity contribution in [3.8, 4) is 0 Å². The van der Waals surface area contributed by atoms with Crippen LogP contribution in [0.1, 0.15) is 25.0 Å². The van der Waals surface area contributed by atoms with Crippen LogP contribution < -0.4 is 0 Å². The van der Waals surface area contributed by atoms with E-state index in [4.69, 9.17) is 0 Å². The monoisotopic (exact) mass is 242 g/mol. The molecule has 1 aromatic carbocycles. The zero-order chi connectivity index (χ0) is 11.1. The molecule has 0 saturated carbocycles. The highest BCUT2D eigenvalue weighted by atomic mass is 32.2. The average molecular weight is 242 g/mol. The SMILES string of the molecule is CSCCCSc1cccc(C(C)O)c1. The molecule has 1 rings (SSSR count). The Morgan fingerprint density at radius 1 is 1.33 bits per heavy atom. The zero-order valence-corrected chi connectivity index (χ0v) is 10.9. The molecule has 0 heterocycles. The number of rotatable bonds is 6. The molecular formula is C12H18OS2. The smallest absolute Gasteiger partial charge is 0.0762 e. The van der Waals surface area contributed by atoms with Crippen LogP contribution in [-0.4, -0.2) is 22.9 Å². The molecule has 1 nitrogen and oxygen atoms in total. The fourth-order valence-electron chi connectivity index (χ4n) is 1.26. The van der Waals surface area contributed by atoms with Crippen LogP contribution in [0.25, 0.3) is 0 Å². The predicted molar refractivity (Wildman–Crippen MR) is 70.8 cm³/mol. The van der Waals surface area contributed by atoms with Gasteiger partial charge >= 0.3 is 0 Å². The van der Waals surface area contributed by atoms with E-state index < -0.39 is 0 Å². The maximum absolute atomic E-state index is 9.45. The second kappa shape index (κ2) is 7.20. The predicted octanol–water partition coefficient (Wildman–Crippen LogP) is 3.59. The molecule has 0 aliphatic heterocycles. The summed E-state index contributed by atoms with van der Waals surface area (Å²) in [5.41, 5.74) is 1.00. The van der Waals surface area contributed by atoms with Crippen molar-refractivity contribution in [2.45, 2.75) is 24.3 Å². The summed E-state index contributed by atoms with van der Waals surface area (Å²) in [4.78, 5) is 1.26. The van der Waals surface area contributed by atoms with Crippen LogP contribution in [0.15, 0.2) is 29.2 Å². The lowest BCUT2D eigenvalue weighted by Gasteiger charge is -2.07. The van der Waals surface area contributed by atoms with Crippen LogP contribution in [0.2, 0.25) is 0 Å². The van der Waals surface area contributed by atoms with Gasteiger partial charge in [0.25, 0.3) is 0 Å². The Kier molecular flexibility index (Phi) is 6.22. The summed E-state index contributed by atoms with van der Waals surface area (Å²) in [6.07, 6.45) is 3.01. The Bertz CT molecular complexity index is 287. The zero-order valence-electron chi connectivity index (χ0n) is 9.27. The largest absolute Gasteiger partial charge is 0.389 e. The third kappa shape index (κ3) is 4.96. The Labute approximate surface area is 101 Å². The van der Waals surface area contributed by atoms with Crippen molar-refractivity contribution in [2.24, 2.45) is 0 Å². The van der Waals surface area contributed by atoms with Gasteiger partial charge in [0.05, 0.1) is 6.10 Å². The van der Waals surface area contributed by atoms with E-state index in [1.165, 1.54) is 17.1 Å². The summed E-state index contributed by atoms with van der Waals surface area (Å²) in [5.74, 6) is 2.38. The van der Waals surface area contributed by atoms with E-state index in [1.54, 1.807) is 6.92 Å². The van der Waals surface area contributed by atoms with Gasteiger partial charge in [0.2, 0.25) is 0 Å². The standard InChI is InChI=1S/C12H18OS2/c1-10(13)11-5-3-6-12(9-11)15-8-4-7-14-2/h3,5-6,9-10,13H,4,7-8H2,1-2H3. The van der Waals surface area contributed by atoms with Gasteiger partial charge in [0.15, 0.2) is 0 Å². The topological polar surface area (TPSA) is 20.2 Å². The number of aliphatic hydroxyl groups excluding tert-OH is 1.